The van der Waals surface area contributed by atoms with Gasteiger partial charge in [-0.05, 0) is 48.8 Å². The summed E-state index contributed by atoms with van der Waals surface area (Å²) in [5, 5.41) is 0. The predicted molar refractivity (Wildman–Crippen MR) is 64.8 cm³/mol. The number of nitrogens with two attached hydrogens (primary N) is 1. The fraction of sp³-hybridized carbons (Fsp3) is 0.500. The number of hydrogen-bond donors (Lipinski definition) is 1. The fourth-order valence-corrected chi connectivity index (χ4v) is 2.90. The zero-order valence-corrected chi connectivity index (χ0v) is 10.1. The monoisotopic (exact) mass is 223 g/mol. The topological polar surface area (TPSA) is 35.2 Å². The zero-order valence-electron chi connectivity index (χ0n) is 9.25. The summed E-state index contributed by atoms with van der Waals surface area (Å²) in [6, 6.07) is 4.51. The number of hydrogen-bond acceptors (Lipinski definition) is 3. The van der Waals surface area contributed by atoms with Crippen LogP contribution in [-0.2, 0) is 12.8 Å². The van der Waals surface area contributed by atoms with E-state index in [1.54, 1.807) is 7.11 Å². The van der Waals surface area contributed by atoms with Crippen LogP contribution in [-0.4, -0.2) is 19.4 Å². The van der Waals surface area contributed by atoms with Crippen LogP contribution in [0.3, 0.4) is 0 Å². The fourth-order valence-electron chi connectivity index (χ4n) is 2.22. The van der Waals surface area contributed by atoms with Crippen molar-refractivity contribution < 1.29 is 4.74 Å². The van der Waals surface area contributed by atoms with Crippen LogP contribution in [0.4, 0.5) is 0 Å². The first kappa shape index (κ1) is 10.8. The molecule has 15 heavy (non-hydrogen) atoms. The summed E-state index contributed by atoms with van der Waals surface area (Å²) in [5.41, 5.74) is 8.77. The predicted octanol–water partition coefficient (Wildman–Crippen LogP) is 2.23. The third kappa shape index (κ3) is 1.99. The van der Waals surface area contributed by atoms with Crippen LogP contribution in [0.1, 0.15) is 17.5 Å². The summed E-state index contributed by atoms with van der Waals surface area (Å²) in [6.07, 6.45) is 5.25. The van der Waals surface area contributed by atoms with Gasteiger partial charge in [-0.3, -0.25) is 0 Å². The number of methoxy groups -OCH3 is 1. The second kappa shape index (κ2) is 4.45. The maximum absolute atomic E-state index is 6.00. The van der Waals surface area contributed by atoms with Gasteiger partial charge in [-0.15, -0.1) is 11.8 Å². The molecular formula is C12H17NOS. The third-order valence-electron chi connectivity index (χ3n) is 3.02. The second-order valence-corrected chi connectivity index (χ2v) is 4.78. The van der Waals surface area contributed by atoms with Crippen LogP contribution in [0.15, 0.2) is 17.0 Å². The Balaban J connectivity index is 2.48. The highest BCUT2D eigenvalue weighted by atomic mass is 32.2. The average Bonchev–Trinajstić information content (AvgIpc) is 2.27. The lowest BCUT2D eigenvalue weighted by Crippen LogP contribution is -2.28. The second-order valence-electron chi connectivity index (χ2n) is 3.93. The molecule has 3 heteroatoms. The molecule has 0 bridgehead atoms. The van der Waals surface area contributed by atoms with Crippen molar-refractivity contribution >= 4 is 11.8 Å². The minimum atomic E-state index is 0.295. The Hall–Kier alpha value is -0.670. The van der Waals surface area contributed by atoms with Crippen molar-refractivity contribution in [2.24, 2.45) is 5.73 Å². The van der Waals surface area contributed by atoms with Crippen LogP contribution in [0, 0.1) is 0 Å². The third-order valence-corrected chi connectivity index (χ3v) is 3.84. The maximum atomic E-state index is 6.00. The highest BCUT2D eigenvalue weighted by Gasteiger charge is 2.21. The minimum absolute atomic E-state index is 0.295. The number of fused-ring (bicyclic) bond motifs is 1. The SMILES string of the molecule is COc1ccc(SC)c2c1C[C@@H](N)CC2. The van der Waals surface area contributed by atoms with Gasteiger partial charge in [0, 0.05) is 10.9 Å². The minimum Gasteiger partial charge on any atom is -0.496 e. The van der Waals surface area contributed by atoms with E-state index in [4.69, 9.17) is 10.5 Å². The number of benzene rings is 1. The van der Waals surface area contributed by atoms with Crippen LogP contribution >= 0.6 is 11.8 Å². The highest BCUT2D eigenvalue weighted by molar-refractivity contribution is 7.98. The van der Waals surface area contributed by atoms with Gasteiger partial charge in [0.05, 0.1) is 7.11 Å². The van der Waals surface area contributed by atoms with Crippen molar-refractivity contribution in [3.8, 4) is 5.75 Å². The Morgan fingerprint density at radius 2 is 2.20 bits per heavy atom. The van der Waals surface area contributed by atoms with E-state index >= 15 is 0 Å². The first-order chi connectivity index (χ1) is 7.26. The molecule has 0 aliphatic heterocycles. The molecule has 2 nitrogen and oxygen atoms in total. The van der Waals surface area contributed by atoms with E-state index in [1.165, 1.54) is 16.0 Å². The highest BCUT2D eigenvalue weighted by Crippen LogP contribution is 2.35. The number of rotatable bonds is 2. The summed E-state index contributed by atoms with van der Waals surface area (Å²) in [6.45, 7) is 0. The van der Waals surface area contributed by atoms with E-state index in [-0.39, 0.29) is 0 Å². The molecule has 0 fully saturated rings. The largest absolute Gasteiger partial charge is 0.496 e. The molecule has 0 radical (unpaired) electrons. The van der Waals surface area contributed by atoms with E-state index in [9.17, 15) is 0 Å². The molecule has 0 spiro atoms. The van der Waals surface area contributed by atoms with Gasteiger partial charge in [-0.1, -0.05) is 0 Å². The maximum Gasteiger partial charge on any atom is 0.122 e. The average molecular weight is 223 g/mol. The van der Waals surface area contributed by atoms with Gasteiger partial charge in [0.25, 0.3) is 0 Å². The van der Waals surface area contributed by atoms with Crippen molar-refractivity contribution in [1.29, 1.82) is 0 Å². The molecule has 0 saturated carbocycles. The lowest BCUT2D eigenvalue weighted by molar-refractivity contribution is 0.402. The molecule has 82 valence electrons. The molecular weight excluding hydrogens is 206 g/mol. The number of ether oxygens (including phenoxy) is 1. The van der Waals surface area contributed by atoms with Crippen molar-refractivity contribution in [3.05, 3.63) is 23.3 Å². The van der Waals surface area contributed by atoms with Gasteiger partial charge in [0.2, 0.25) is 0 Å². The van der Waals surface area contributed by atoms with Gasteiger partial charge in [-0.2, -0.15) is 0 Å². The zero-order chi connectivity index (χ0) is 10.8. The molecule has 0 heterocycles. The van der Waals surface area contributed by atoms with Gasteiger partial charge in [0.1, 0.15) is 5.75 Å². The van der Waals surface area contributed by atoms with E-state index in [2.05, 4.69) is 18.4 Å². The molecule has 1 aromatic rings. The first-order valence-corrected chi connectivity index (χ1v) is 6.47. The molecule has 1 aliphatic carbocycles. The molecule has 0 aromatic heterocycles. The lowest BCUT2D eigenvalue weighted by Gasteiger charge is -2.25. The normalized spacial score (nSPS) is 19.8. The van der Waals surface area contributed by atoms with Crippen LogP contribution < -0.4 is 10.5 Å². The van der Waals surface area contributed by atoms with E-state index in [1.807, 2.05) is 11.8 Å². The van der Waals surface area contributed by atoms with Crippen molar-refractivity contribution in [2.45, 2.75) is 30.2 Å². The van der Waals surface area contributed by atoms with E-state index < -0.39 is 0 Å². The van der Waals surface area contributed by atoms with Gasteiger partial charge >= 0.3 is 0 Å². The van der Waals surface area contributed by atoms with E-state index in [0.717, 1.165) is 25.0 Å². The quantitative estimate of drug-likeness (QED) is 0.781. The van der Waals surface area contributed by atoms with Gasteiger partial charge in [0.15, 0.2) is 0 Å². The van der Waals surface area contributed by atoms with Crippen LogP contribution in [0.25, 0.3) is 0 Å². The molecule has 0 unspecified atom stereocenters. The molecule has 2 rings (SSSR count). The molecule has 1 aliphatic rings. The summed E-state index contributed by atoms with van der Waals surface area (Å²) in [4.78, 5) is 1.37. The Bertz CT molecular complexity index is 365. The summed E-state index contributed by atoms with van der Waals surface area (Å²) < 4.78 is 5.40. The van der Waals surface area contributed by atoms with Crippen LogP contribution in [0.2, 0.25) is 0 Å². The molecule has 1 aromatic carbocycles. The first-order valence-electron chi connectivity index (χ1n) is 5.24. The molecule has 0 amide bonds. The van der Waals surface area contributed by atoms with Crippen molar-refractivity contribution in [3.63, 3.8) is 0 Å². The summed E-state index contributed by atoms with van der Waals surface area (Å²) in [5.74, 6) is 0.998. The molecule has 0 saturated heterocycles. The summed E-state index contributed by atoms with van der Waals surface area (Å²) >= 11 is 1.81. The van der Waals surface area contributed by atoms with Crippen molar-refractivity contribution in [2.75, 3.05) is 13.4 Å². The smallest absolute Gasteiger partial charge is 0.122 e. The Kier molecular flexibility index (Phi) is 3.22. The Morgan fingerprint density at radius 3 is 2.87 bits per heavy atom. The molecule has 2 N–H and O–H groups in total. The van der Waals surface area contributed by atoms with E-state index in [0.29, 0.717) is 6.04 Å². The van der Waals surface area contributed by atoms with Gasteiger partial charge < -0.3 is 10.5 Å². The van der Waals surface area contributed by atoms with Crippen LogP contribution in [0.5, 0.6) is 5.75 Å². The summed E-state index contributed by atoms with van der Waals surface area (Å²) in [7, 11) is 1.73. The Labute approximate surface area is 95.2 Å². The van der Waals surface area contributed by atoms with Gasteiger partial charge in [-0.25, -0.2) is 0 Å². The molecule has 1 atom stereocenters. The standard InChI is InChI=1S/C12H17NOS/c1-14-11-5-6-12(15-2)9-4-3-8(13)7-10(9)11/h5-6,8H,3-4,7,13H2,1-2H3/t8-/m0/s1. The lowest BCUT2D eigenvalue weighted by atomic mass is 9.88. The van der Waals surface area contributed by atoms with Crippen molar-refractivity contribution in [1.82, 2.24) is 0 Å². The number of thioether (sulfide) groups is 1. The Morgan fingerprint density at radius 1 is 1.40 bits per heavy atom.